The molecule has 7 nitrogen and oxygen atoms in total. The van der Waals surface area contributed by atoms with Crippen LogP contribution in [0.15, 0.2) is 42.7 Å². The van der Waals surface area contributed by atoms with Crippen molar-refractivity contribution in [2.75, 3.05) is 13.1 Å². The Morgan fingerprint density at radius 3 is 2.67 bits per heavy atom. The molecule has 0 unspecified atom stereocenters. The first-order valence-electron chi connectivity index (χ1n) is 9.13. The van der Waals surface area contributed by atoms with Crippen molar-refractivity contribution in [3.05, 3.63) is 54.0 Å². The Morgan fingerprint density at radius 2 is 1.96 bits per heavy atom. The predicted octanol–water partition coefficient (Wildman–Crippen LogP) is 2.71. The average Bonchev–Trinajstić information content (AvgIpc) is 3.28. The van der Waals surface area contributed by atoms with E-state index in [1.54, 1.807) is 10.9 Å². The highest BCUT2D eigenvalue weighted by molar-refractivity contribution is 5.87. The van der Waals surface area contributed by atoms with E-state index in [2.05, 4.69) is 21.8 Å². The minimum Gasteiger partial charge on any atom is -0.478 e. The lowest BCUT2D eigenvalue weighted by Crippen LogP contribution is -2.40. The number of carboxylic acids is 1. The molecule has 2 aromatic heterocycles. The number of carbonyl (C=O) groups excluding carboxylic acids is 1. The van der Waals surface area contributed by atoms with Gasteiger partial charge in [-0.3, -0.25) is 9.48 Å². The van der Waals surface area contributed by atoms with E-state index in [1.807, 2.05) is 30.0 Å². The Labute approximate surface area is 156 Å². The number of rotatable bonds is 4. The highest BCUT2D eigenvalue weighted by Crippen LogP contribution is 2.24. The zero-order valence-corrected chi connectivity index (χ0v) is 15.2. The van der Waals surface area contributed by atoms with Crippen LogP contribution in [0.5, 0.6) is 0 Å². The van der Waals surface area contributed by atoms with E-state index in [9.17, 15) is 9.59 Å². The van der Waals surface area contributed by atoms with Crippen molar-refractivity contribution in [1.82, 2.24) is 19.2 Å². The predicted molar refractivity (Wildman–Crippen MR) is 101 cm³/mol. The number of para-hydroxylation sites is 1. The van der Waals surface area contributed by atoms with Gasteiger partial charge in [-0.25, -0.2) is 4.79 Å². The lowest BCUT2D eigenvalue weighted by Gasteiger charge is -2.32. The molecule has 140 valence electrons. The SMILES string of the molecule is Cc1cc2ccccc2n1CC(=O)N1CCC(n2cc(C(=O)O)cn2)CC1. The van der Waals surface area contributed by atoms with Gasteiger partial charge in [0, 0.05) is 30.5 Å². The summed E-state index contributed by atoms with van der Waals surface area (Å²) in [5.41, 5.74) is 2.36. The third-order valence-electron chi connectivity index (χ3n) is 5.35. The van der Waals surface area contributed by atoms with E-state index < -0.39 is 5.97 Å². The number of hydrogen-bond donors (Lipinski definition) is 1. The van der Waals surface area contributed by atoms with Gasteiger partial charge < -0.3 is 14.6 Å². The van der Waals surface area contributed by atoms with Crippen molar-refractivity contribution in [2.45, 2.75) is 32.4 Å². The molecule has 1 N–H and O–H groups in total. The van der Waals surface area contributed by atoms with Gasteiger partial charge in [0.1, 0.15) is 6.54 Å². The third-order valence-corrected chi connectivity index (χ3v) is 5.35. The summed E-state index contributed by atoms with van der Waals surface area (Å²) < 4.78 is 3.78. The van der Waals surface area contributed by atoms with Crippen molar-refractivity contribution in [3.8, 4) is 0 Å². The molecule has 27 heavy (non-hydrogen) atoms. The molecule has 0 atom stereocenters. The zero-order chi connectivity index (χ0) is 19.0. The van der Waals surface area contributed by atoms with Gasteiger partial charge in [0.25, 0.3) is 0 Å². The number of likely N-dealkylation sites (tertiary alicyclic amines) is 1. The van der Waals surface area contributed by atoms with E-state index in [0.717, 1.165) is 29.4 Å². The monoisotopic (exact) mass is 366 g/mol. The fourth-order valence-corrected chi connectivity index (χ4v) is 3.82. The Balaban J connectivity index is 1.41. The number of piperidine rings is 1. The Bertz CT molecular complexity index is 996. The van der Waals surface area contributed by atoms with Gasteiger partial charge in [-0.15, -0.1) is 0 Å². The molecule has 1 fully saturated rings. The number of hydrogen-bond acceptors (Lipinski definition) is 3. The summed E-state index contributed by atoms with van der Waals surface area (Å²) in [5.74, 6) is -0.854. The topological polar surface area (TPSA) is 80.4 Å². The molecule has 0 spiro atoms. The highest BCUT2D eigenvalue weighted by atomic mass is 16.4. The lowest BCUT2D eigenvalue weighted by atomic mass is 10.1. The number of amides is 1. The number of aryl methyl sites for hydroxylation is 1. The van der Waals surface area contributed by atoms with Crippen molar-refractivity contribution in [1.29, 1.82) is 0 Å². The molecule has 3 aromatic rings. The molecule has 0 saturated carbocycles. The molecule has 1 aromatic carbocycles. The summed E-state index contributed by atoms with van der Waals surface area (Å²) in [5, 5.41) is 14.3. The number of aromatic carboxylic acids is 1. The summed E-state index contributed by atoms with van der Waals surface area (Å²) in [4.78, 5) is 25.7. The highest BCUT2D eigenvalue weighted by Gasteiger charge is 2.25. The smallest absolute Gasteiger partial charge is 0.338 e. The van der Waals surface area contributed by atoms with Crippen LogP contribution in [0.4, 0.5) is 0 Å². The van der Waals surface area contributed by atoms with Crippen LogP contribution >= 0.6 is 0 Å². The first-order chi connectivity index (χ1) is 13.0. The quantitative estimate of drug-likeness (QED) is 0.770. The number of carbonyl (C=O) groups is 2. The van der Waals surface area contributed by atoms with Crippen molar-refractivity contribution >= 4 is 22.8 Å². The minimum absolute atomic E-state index is 0.115. The second kappa shape index (κ2) is 6.90. The van der Waals surface area contributed by atoms with Gasteiger partial charge in [0.2, 0.25) is 5.91 Å². The molecule has 1 amide bonds. The molecule has 0 bridgehead atoms. The fraction of sp³-hybridized carbons (Fsp3) is 0.350. The number of aromatic nitrogens is 3. The van der Waals surface area contributed by atoms with Crippen molar-refractivity contribution < 1.29 is 14.7 Å². The minimum atomic E-state index is -0.969. The number of fused-ring (bicyclic) bond motifs is 1. The zero-order valence-electron chi connectivity index (χ0n) is 15.2. The molecule has 7 heteroatoms. The van der Waals surface area contributed by atoms with Crippen LogP contribution in [0.1, 0.15) is 34.9 Å². The van der Waals surface area contributed by atoms with Crippen LogP contribution in [0.25, 0.3) is 10.9 Å². The van der Waals surface area contributed by atoms with Crippen LogP contribution in [0, 0.1) is 6.92 Å². The van der Waals surface area contributed by atoms with Crippen LogP contribution in [-0.2, 0) is 11.3 Å². The summed E-state index contributed by atoms with van der Waals surface area (Å²) in [7, 11) is 0. The maximum Gasteiger partial charge on any atom is 0.338 e. The molecular weight excluding hydrogens is 344 g/mol. The van der Waals surface area contributed by atoms with Gasteiger partial charge in [-0.2, -0.15) is 5.10 Å². The van der Waals surface area contributed by atoms with Gasteiger partial charge in [-0.1, -0.05) is 18.2 Å². The number of nitrogens with zero attached hydrogens (tertiary/aromatic N) is 4. The van der Waals surface area contributed by atoms with Crippen LogP contribution in [0.2, 0.25) is 0 Å². The van der Waals surface area contributed by atoms with E-state index in [1.165, 1.54) is 6.20 Å². The molecule has 1 aliphatic rings. The first-order valence-corrected chi connectivity index (χ1v) is 9.13. The molecule has 4 rings (SSSR count). The molecule has 0 aliphatic carbocycles. The second-order valence-corrected chi connectivity index (χ2v) is 7.06. The Hall–Kier alpha value is -3.09. The summed E-state index contributed by atoms with van der Waals surface area (Å²) >= 11 is 0. The first kappa shape index (κ1) is 17.3. The average molecular weight is 366 g/mol. The van der Waals surface area contributed by atoms with Crippen molar-refractivity contribution in [3.63, 3.8) is 0 Å². The molecular formula is C20H22N4O3. The normalized spacial score (nSPS) is 15.4. The fourth-order valence-electron chi connectivity index (χ4n) is 3.82. The number of carboxylic acid groups (broad SMARTS) is 1. The molecule has 1 aliphatic heterocycles. The lowest BCUT2D eigenvalue weighted by molar-refractivity contribution is -0.133. The van der Waals surface area contributed by atoms with E-state index in [4.69, 9.17) is 5.11 Å². The standard InChI is InChI=1S/C20H22N4O3/c1-14-10-15-4-2-3-5-18(15)23(14)13-19(25)22-8-6-17(7-9-22)24-12-16(11-21-24)20(26)27/h2-5,10-12,17H,6-9,13H2,1H3,(H,26,27). The largest absolute Gasteiger partial charge is 0.478 e. The molecule has 1 saturated heterocycles. The third kappa shape index (κ3) is 3.32. The summed E-state index contributed by atoms with van der Waals surface area (Å²) in [6.07, 6.45) is 4.50. The van der Waals surface area contributed by atoms with E-state index in [-0.39, 0.29) is 17.5 Å². The van der Waals surface area contributed by atoms with Gasteiger partial charge in [-0.05, 0) is 37.3 Å². The number of benzene rings is 1. The van der Waals surface area contributed by atoms with Gasteiger partial charge >= 0.3 is 5.97 Å². The Morgan fingerprint density at radius 1 is 1.22 bits per heavy atom. The van der Waals surface area contributed by atoms with Crippen molar-refractivity contribution in [2.24, 2.45) is 0 Å². The Kier molecular flexibility index (Phi) is 4.43. The van der Waals surface area contributed by atoms with Crippen LogP contribution in [-0.4, -0.2) is 49.3 Å². The van der Waals surface area contributed by atoms with Crippen LogP contribution < -0.4 is 0 Å². The van der Waals surface area contributed by atoms with Gasteiger partial charge in [0.05, 0.1) is 17.8 Å². The maximum absolute atomic E-state index is 12.8. The van der Waals surface area contributed by atoms with E-state index in [0.29, 0.717) is 19.6 Å². The molecule has 0 radical (unpaired) electrons. The molecule has 3 heterocycles. The van der Waals surface area contributed by atoms with Gasteiger partial charge in [0.15, 0.2) is 0 Å². The summed E-state index contributed by atoms with van der Waals surface area (Å²) in [6.45, 7) is 3.68. The maximum atomic E-state index is 12.8. The second-order valence-electron chi connectivity index (χ2n) is 7.06. The summed E-state index contributed by atoms with van der Waals surface area (Å²) in [6, 6.07) is 10.3. The van der Waals surface area contributed by atoms with Crippen LogP contribution in [0.3, 0.4) is 0 Å². The van der Waals surface area contributed by atoms with E-state index >= 15 is 0 Å².